The summed E-state index contributed by atoms with van der Waals surface area (Å²) < 4.78 is 0. The smallest absolute Gasteiger partial charge is 0.0314 e. The van der Waals surface area contributed by atoms with Gasteiger partial charge in [-0.05, 0) is 24.6 Å². The number of benzene rings is 1. The van der Waals surface area contributed by atoms with Crippen LogP contribution in [0.5, 0.6) is 0 Å². The van der Waals surface area contributed by atoms with E-state index in [-0.39, 0.29) is 0 Å². The molecule has 1 nitrogen and oxygen atoms in total. The van der Waals surface area contributed by atoms with Crippen molar-refractivity contribution in [2.75, 3.05) is 5.73 Å². The van der Waals surface area contributed by atoms with Gasteiger partial charge >= 0.3 is 0 Å². The van der Waals surface area contributed by atoms with E-state index >= 15 is 0 Å². The Kier molecular flexibility index (Phi) is 12.8. The van der Waals surface area contributed by atoms with Gasteiger partial charge in [-0.2, -0.15) is 0 Å². The van der Waals surface area contributed by atoms with Crippen LogP contribution in [-0.2, 0) is 0 Å². The molecule has 0 atom stereocenters. The summed E-state index contributed by atoms with van der Waals surface area (Å²) in [5, 5.41) is 0. The van der Waals surface area contributed by atoms with Crippen LogP contribution < -0.4 is 5.73 Å². The standard InChI is InChI=1S/C9H11N.2C2H6/c1-2-3-8-4-6-9(10)7-5-8;2*1-2/h2-7H,10H2,1H3;2*1-2H3/b3-2+;;. The van der Waals surface area contributed by atoms with Crippen LogP contribution in [0.2, 0.25) is 0 Å². The number of allylic oxidation sites excluding steroid dienone is 1. The molecule has 0 radical (unpaired) electrons. The molecule has 0 aliphatic carbocycles. The van der Waals surface area contributed by atoms with Crippen molar-refractivity contribution < 1.29 is 0 Å². The fourth-order valence-corrected chi connectivity index (χ4v) is 0.800. The Labute approximate surface area is 88.6 Å². The van der Waals surface area contributed by atoms with E-state index in [2.05, 4.69) is 0 Å². The Morgan fingerprint density at radius 3 is 1.71 bits per heavy atom. The van der Waals surface area contributed by atoms with E-state index in [0.29, 0.717) is 0 Å². The van der Waals surface area contributed by atoms with E-state index in [1.807, 2.05) is 71.0 Å². The molecule has 0 spiro atoms. The fourth-order valence-electron chi connectivity index (χ4n) is 0.800. The first-order chi connectivity index (χ1) is 6.83. The van der Waals surface area contributed by atoms with Crippen molar-refractivity contribution in [3.63, 3.8) is 0 Å². The largest absolute Gasteiger partial charge is 0.399 e. The SMILES string of the molecule is C/C=C/c1ccc(N)cc1.CC.CC. The molecule has 0 fully saturated rings. The van der Waals surface area contributed by atoms with Gasteiger partial charge in [-0.15, -0.1) is 0 Å². The zero-order chi connectivity index (χ0) is 11.4. The lowest BCUT2D eigenvalue weighted by molar-refractivity contribution is 1.50. The summed E-state index contributed by atoms with van der Waals surface area (Å²) in [4.78, 5) is 0. The lowest BCUT2D eigenvalue weighted by Gasteiger charge is -1.92. The summed E-state index contributed by atoms with van der Waals surface area (Å²) in [6.07, 6.45) is 4.05. The van der Waals surface area contributed by atoms with Gasteiger partial charge in [-0.1, -0.05) is 52.0 Å². The number of hydrogen-bond donors (Lipinski definition) is 1. The van der Waals surface area contributed by atoms with Gasteiger partial charge in [0, 0.05) is 5.69 Å². The third kappa shape index (κ3) is 7.41. The predicted molar refractivity (Wildman–Crippen MR) is 68.3 cm³/mol. The molecule has 0 aliphatic rings. The van der Waals surface area contributed by atoms with E-state index < -0.39 is 0 Å². The van der Waals surface area contributed by atoms with Crippen molar-refractivity contribution in [1.82, 2.24) is 0 Å². The van der Waals surface area contributed by atoms with Crippen molar-refractivity contribution in [1.29, 1.82) is 0 Å². The van der Waals surface area contributed by atoms with Gasteiger partial charge in [0.1, 0.15) is 0 Å². The molecular weight excluding hydrogens is 170 g/mol. The van der Waals surface area contributed by atoms with E-state index in [1.165, 1.54) is 5.56 Å². The highest BCUT2D eigenvalue weighted by Crippen LogP contribution is 2.06. The topological polar surface area (TPSA) is 26.0 Å². The van der Waals surface area contributed by atoms with Crippen LogP contribution in [0.3, 0.4) is 0 Å². The number of nitrogens with two attached hydrogens (primary N) is 1. The van der Waals surface area contributed by atoms with Crippen molar-refractivity contribution in [3.8, 4) is 0 Å². The molecule has 14 heavy (non-hydrogen) atoms. The fraction of sp³-hybridized carbons (Fsp3) is 0.385. The van der Waals surface area contributed by atoms with E-state index in [1.54, 1.807) is 0 Å². The second kappa shape index (κ2) is 11.8. The summed E-state index contributed by atoms with van der Waals surface area (Å²) in [5.41, 5.74) is 7.50. The van der Waals surface area contributed by atoms with Crippen LogP contribution in [0.4, 0.5) is 5.69 Å². The molecule has 0 unspecified atom stereocenters. The second-order valence-corrected chi connectivity index (χ2v) is 2.17. The molecule has 0 amide bonds. The maximum absolute atomic E-state index is 5.50. The van der Waals surface area contributed by atoms with Gasteiger partial charge in [-0.3, -0.25) is 0 Å². The van der Waals surface area contributed by atoms with Gasteiger partial charge in [0.05, 0.1) is 0 Å². The van der Waals surface area contributed by atoms with Crippen LogP contribution in [0.15, 0.2) is 30.3 Å². The summed E-state index contributed by atoms with van der Waals surface area (Å²) in [6.45, 7) is 10.00. The molecule has 0 saturated heterocycles. The molecule has 1 rings (SSSR count). The number of anilines is 1. The minimum absolute atomic E-state index is 0.813. The summed E-state index contributed by atoms with van der Waals surface area (Å²) in [6, 6.07) is 7.79. The van der Waals surface area contributed by atoms with Crippen LogP contribution in [0.25, 0.3) is 6.08 Å². The van der Waals surface area contributed by atoms with Crippen LogP contribution >= 0.6 is 0 Å². The van der Waals surface area contributed by atoms with Crippen molar-refractivity contribution >= 4 is 11.8 Å². The summed E-state index contributed by atoms with van der Waals surface area (Å²) in [5.74, 6) is 0. The molecule has 0 aromatic heterocycles. The highest BCUT2D eigenvalue weighted by molar-refractivity contribution is 5.52. The highest BCUT2D eigenvalue weighted by atomic mass is 14.5. The maximum Gasteiger partial charge on any atom is 0.0314 e. The molecule has 1 aromatic rings. The molecular formula is C13H23N. The van der Waals surface area contributed by atoms with E-state index in [0.717, 1.165) is 5.69 Å². The van der Waals surface area contributed by atoms with Crippen molar-refractivity contribution in [2.24, 2.45) is 0 Å². The third-order valence-electron chi connectivity index (χ3n) is 1.30. The lowest BCUT2D eigenvalue weighted by Crippen LogP contribution is -1.82. The first-order valence-corrected chi connectivity index (χ1v) is 5.31. The maximum atomic E-state index is 5.50. The number of nitrogen functional groups attached to an aromatic ring is 1. The van der Waals surface area contributed by atoms with Crippen molar-refractivity contribution in [2.45, 2.75) is 34.6 Å². The summed E-state index contributed by atoms with van der Waals surface area (Å²) in [7, 11) is 0. The van der Waals surface area contributed by atoms with Crippen LogP contribution in [0.1, 0.15) is 40.2 Å². The minimum atomic E-state index is 0.813. The minimum Gasteiger partial charge on any atom is -0.399 e. The molecule has 80 valence electrons. The van der Waals surface area contributed by atoms with Gasteiger partial charge in [0.25, 0.3) is 0 Å². The van der Waals surface area contributed by atoms with Gasteiger partial charge in [-0.25, -0.2) is 0 Å². The van der Waals surface area contributed by atoms with E-state index in [9.17, 15) is 0 Å². The predicted octanol–water partition coefficient (Wildman–Crippen LogP) is 4.35. The second-order valence-electron chi connectivity index (χ2n) is 2.17. The Morgan fingerprint density at radius 2 is 1.36 bits per heavy atom. The van der Waals surface area contributed by atoms with Gasteiger partial charge in [0.2, 0.25) is 0 Å². The monoisotopic (exact) mass is 193 g/mol. The Hall–Kier alpha value is -1.24. The zero-order valence-electron chi connectivity index (χ0n) is 10.0. The Morgan fingerprint density at radius 1 is 0.929 bits per heavy atom. The first-order valence-electron chi connectivity index (χ1n) is 5.31. The molecule has 0 aliphatic heterocycles. The normalized spacial score (nSPS) is 8.36. The summed E-state index contributed by atoms with van der Waals surface area (Å²) >= 11 is 0. The van der Waals surface area contributed by atoms with E-state index in [4.69, 9.17) is 5.73 Å². The Bertz CT molecular complexity index is 221. The molecule has 0 saturated carbocycles. The lowest BCUT2D eigenvalue weighted by atomic mass is 10.2. The van der Waals surface area contributed by atoms with Crippen LogP contribution in [-0.4, -0.2) is 0 Å². The highest BCUT2D eigenvalue weighted by Gasteiger charge is 1.83. The number of rotatable bonds is 1. The Balaban J connectivity index is 0. The van der Waals surface area contributed by atoms with Gasteiger partial charge < -0.3 is 5.73 Å². The first kappa shape index (κ1) is 15.2. The molecule has 1 aromatic carbocycles. The average molecular weight is 193 g/mol. The molecule has 1 heteroatoms. The van der Waals surface area contributed by atoms with Gasteiger partial charge in [0.15, 0.2) is 0 Å². The average Bonchev–Trinajstić information content (AvgIpc) is 2.28. The zero-order valence-corrected chi connectivity index (χ0v) is 10.0. The van der Waals surface area contributed by atoms with Crippen LogP contribution in [0, 0.1) is 0 Å². The number of hydrogen-bond acceptors (Lipinski definition) is 1. The van der Waals surface area contributed by atoms with Crippen molar-refractivity contribution in [3.05, 3.63) is 35.9 Å². The molecule has 0 heterocycles. The molecule has 2 N–H and O–H groups in total. The molecule has 0 bridgehead atoms. The quantitative estimate of drug-likeness (QED) is 0.659. The third-order valence-corrected chi connectivity index (χ3v) is 1.30.